The van der Waals surface area contributed by atoms with Crippen LogP contribution in [0.15, 0.2) is 27.5 Å². The third kappa shape index (κ3) is 2.35. The Morgan fingerprint density at radius 1 is 1.33 bits per heavy atom. The van der Waals surface area contributed by atoms with Crippen LogP contribution in [0.3, 0.4) is 0 Å². The Kier molecular flexibility index (Phi) is 2.26. The molecule has 7 heteroatoms. The zero-order valence-electron chi connectivity index (χ0n) is 7.21. The molecule has 0 unspecified atom stereocenters. The number of hydrogen-bond donors (Lipinski definition) is 1. The molecule has 0 aliphatic rings. The average Bonchev–Trinajstić information content (AvgIpc) is 2.40. The first-order valence-electron chi connectivity index (χ1n) is 3.86. The van der Waals surface area contributed by atoms with Gasteiger partial charge in [-0.15, -0.1) is 0 Å². The number of benzene rings is 1. The minimum Gasteiger partial charge on any atom is -0.424 e. The molecule has 0 saturated carbocycles. The van der Waals surface area contributed by atoms with Crippen LogP contribution < -0.4 is 5.73 Å². The van der Waals surface area contributed by atoms with Gasteiger partial charge in [0.15, 0.2) is 5.58 Å². The van der Waals surface area contributed by atoms with E-state index in [1.165, 1.54) is 18.2 Å². The summed E-state index contributed by atoms with van der Waals surface area (Å²) < 4.78 is 41.0. The number of thioether (sulfide) groups is 1. The molecule has 2 aromatic rings. The van der Waals surface area contributed by atoms with Crippen LogP contribution in [0.1, 0.15) is 0 Å². The van der Waals surface area contributed by atoms with Gasteiger partial charge in [-0.1, -0.05) is 0 Å². The number of oxazole rings is 1. The first kappa shape index (κ1) is 10.2. The number of fused-ring (bicyclic) bond motifs is 1. The Bertz CT molecular complexity index is 494. The fourth-order valence-electron chi connectivity index (χ4n) is 1.12. The van der Waals surface area contributed by atoms with Crippen molar-refractivity contribution in [3.05, 3.63) is 18.2 Å². The van der Waals surface area contributed by atoms with Gasteiger partial charge in [-0.3, -0.25) is 0 Å². The van der Waals surface area contributed by atoms with Crippen LogP contribution in [-0.4, -0.2) is 10.5 Å². The van der Waals surface area contributed by atoms with Crippen LogP contribution in [-0.2, 0) is 0 Å². The molecule has 1 aromatic heterocycles. The van der Waals surface area contributed by atoms with Crippen LogP contribution in [0.2, 0.25) is 0 Å². The molecule has 2 N–H and O–H groups in total. The predicted molar refractivity (Wildman–Crippen MR) is 50.3 cm³/mol. The van der Waals surface area contributed by atoms with Gasteiger partial charge < -0.3 is 10.2 Å². The number of hydrogen-bond acceptors (Lipinski definition) is 4. The van der Waals surface area contributed by atoms with Gasteiger partial charge in [0, 0.05) is 4.90 Å². The summed E-state index contributed by atoms with van der Waals surface area (Å²) in [4.78, 5) is 3.82. The Hall–Kier alpha value is -1.37. The maximum atomic E-state index is 12.0. The molecule has 1 aromatic carbocycles. The summed E-state index contributed by atoms with van der Waals surface area (Å²) >= 11 is -0.204. The van der Waals surface area contributed by atoms with E-state index in [0.29, 0.717) is 5.52 Å². The quantitative estimate of drug-likeness (QED) is 0.770. The third-order valence-corrected chi connectivity index (χ3v) is 2.33. The first-order chi connectivity index (χ1) is 6.94. The molecule has 0 amide bonds. The summed E-state index contributed by atoms with van der Waals surface area (Å²) in [6.45, 7) is 0. The highest BCUT2D eigenvalue weighted by Gasteiger charge is 2.29. The zero-order valence-corrected chi connectivity index (χ0v) is 8.02. The smallest absolute Gasteiger partial charge is 0.424 e. The van der Waals surface area contributed by atoms with Crippen molar-refractivity contribution < 1.29 is 17.6 Å². The standard InChI is InChI=1S/C8H5F3N2OS/c9-8(10,11)15-4-1-2-5-6(3-4)14-7(12)13-5/h1-3H,(H2,12,13). The molecule has 80 valence electrons. The highest BCUT2D eigenvalue weighted by Crippen LogP contribution is 2.37. The molecule has 2 rings (SSSR count). The van der Waals surface area contributed by atoms with E-state index in [1.807, 2.05) is 0 Å². The van der Waals surface area contributed by atoms with Crippen molar-refractivity contribution in [2.75, 3.05) is 5.73 Å². The van der Waals surface area contributed by atoms with Crippen molar-refractivity contribution >= 4 is 28.9 Å². The monoisotopic (exact) mass is 234 g/mol. The fourth-order valence-corrected chi connectivity index (χ4v) is 1.69. The summed E-state index contributed by atoms with van der Waals surface area (Å²) in [5.41, 5.74) is 1.65. The van der Waals surface area contributed by atoms with Gasteiger partial charge in [0.2, 0.25) is 0 Å². The Morgan fingerprint density at radius 3 is 2.73 bits per heavy atom. The Morgan fingerprint density at radius 2 is 2.07 bits per heavy atom. The van der Waals surface area contributed by atoms with Gasteiger partial charge in [0.1, 0.15) is 5.52 Å². The summed E-state index contributed by atoms with van der Waals surface area (Å²) in [5.74, 6) is 0. The molecule has 0 atom stereocenters. The minimum absolute atomic E-state index is 0.0474. The number of alkyl halides is 3. The van der Waals surface area contributed by atoms with E-state index in [2.05, 4.69) is 4.98 Å². The molecule has 0 bridgehead atoms. The highest BCUT2D eigenvalue weighted by molar-refractivity contribution is 8.00. The first-order valence-corrected chi connectivity index (χ1v) is 4.67. The number of nitrogens with two attached hydrogens (primary N) is 1. The molecule has 0 fully saturated rings. The molecule has 0 aliphatic heterocycles. The number of aromatic nitrogens is 1. The van der Waals surface area contributed by atoms with E-state index in [4.69, 9.17) is 10.2 Å². The lowest BCUT2D eigenvalue weighted by Crippen LogP contribution is -1.98. The maximum Gasteiger partial charge on any atom is 0.446 e. The number of nitrogens with zero attached hydrogens (tertiary/aromatic N) is 1. The highest BCUT2D eigenvalue weighted by atomic mass is 32.2. The SMILES string of the molecule is Nc1nc2ccc(SC(F)(F)F)cc2o1. The minimum atomic E-state index is -4.31. The van der Waals surface area contributed by atoms with Crippen molar-refractivity contribution in [1.29, 1.82) is 0 Å². The summed E-state index contributed by atoms with van der Waals surface area (Å²) in [6, 6.07) is 3.96. The Balaban J connectivity index is 2.38. The molecule has 15 heavy (non-hydrogen) atoms. The van der Waals surface area contributed by atoms with Crippen LogP contribution in [0.5, 0.6) is 0 Å². The number of halogens is 3. The number of anilines is 1. The van der Waals surface area contributed by atoms with Gasteiger partial charge in [-0.2, -0.15) is 18.2 Å². The molecular formula is C8H5F3N2OS. The number of rotatable bonds is 1. The average molecular weight is 234 g/mol. The lowest BCUT2D eigenvalue weighted by molar-refractivity contribution is -0.0328. The van der Waals surface area contributed by atoms with Crippen molar-refractivity contribution in [3.63, 3.8) is 0 Å². The van der Waals surface area contributed by atoms with Gasteiger partial charge in [-0.25, -0.2) is 0 Å². The van der Waals surface area contributed by atoms with Crippen molar-refractivity contribution in [3.8, 4) is 0 Å². The van der Waals surface area contributed by atoms with Gasteiger partial charge in [-0.05, 0) is 30.0 Å². The van der Waals surface area contributed by atoms with Crippen LogP contribution in [0.4, 0.5) is 19.2 Å². The van der Waals surface area contributed by atoms with Gasteiger partial charge in [0.25, 0.3) is 6.01 Å². The number of nitrogen functional groups attached to an aromatic ring is 1. The van der Waals surface area contributed by atoms with E-state index < -0.39 is 5.51 Å². The van der Waals surface area contributed by atoms with E-state index in [1.54, 1.807) is 0 Å². The fraction of sp³-hybridized carbons (Fsp3) is 0.125. The topological polar surface area (TPSA) is 52.0 Å². The molecule has 3 nitrogen and oxygen atoms in total. The lowest BCUT2D eigenvalue weighted by atomic mass is 10.3. The second kappa shape index (κ2) is 3.34. The van der Waals surface area contributed by atoms with E-state index in [9.17, 15) is 13.2 Å². The summed E-state index contributed by atoms with van der Waals surface area (Å²) in [5, 5.41) is 0. The third-order valence-electron chi connectivity index (χ3n) is 1.61. The molecule has 0 radical (unpaired) electrons. The molecule has 1 heterocycles. The molecular weight excluding hydrogens is 229 g/mol. The summed E-state index contributed by atoms with van der Waals surface area (Å²) in [6.07, 6.45) is 0. The van der Waals surface area contributed by atoms with E-state index in [-0.39, 0.29) is 28.3 Å². The second-order valence-corrected chi connectivity index (χ2v) is 3.87. The molecule has 0 saturated heterocycles. The van der Waals surface area contributed by atoms with Gasteiger partial charge >= 0.3 is 5.51 Å². The summed E-state index contributed by atoms with van der Waals surface area (Å²) in [7, 11) is 0. The molecule has 0 spiro atoms. The lowest BCUT2D eigenvalue weighted by Gasteiger charge is -2.04. The zero-order chi connectivity index (χ0) is 11.1. The van der Waals surface area contributed by atoms with E-state index >= 15 is 0 Å². The largest absolute Gasteiger partial charge is 0.446 e. The van der Waals surface area contributed by atoms with Crippen LogP contribution >= 0.6 is 11.8 Å². The predicted octanol–water partition coefficient (Wildman–Crippen LogP) is 3.02. The van der Waals surface area contributed by atoms with E-state index in [0.717, 1.165) is 0 Å². The van der Waals surface area contributed by atoms with Crippen molar-refractivity contribution in [2.45, 2.75) is 10.4 Å². The second-order valence-electron chi connectivity index (χ2n) is 2.73. The van der Waals surface area contributed by atoms with Crippen LogP contribution in [0, 0.1) is 0 Å². The van der Waals surface area contributed by atoms with Crippen LogP contribution in [0.25, 0.3) is 11.1 Å². The van der Waals surface area contributed by atoms with Crippen molar-refractivity contribution in [2.24, 2.45) is 0 Å². The van der Waals surface area contributed by atoms with Crippen molar-refractivity contribution in [1.82, 2.24) is 4.98 Å². The Labute approximate surface area is 86.5 Å². The normalized spacial score (nSPS) is 12.2. The van der Waals surface area contributed by atoms with Gasteiger partial charge in [0.05, 0.1) is 0 Å². The maximum absolute atomic E-state index is 12.0. The molecule has 0 aliphatic carbocycles.